The first-order chi connectivity index (χ1) is 22.7. The van der Waals surface area contributed by atoms with E-state index in [1.807, 2.05) is 12.1 Å². The van der Waals surface area contributed by atoms with Crippen LogP contribution in [0.5, 0.6) is 11.5 Å². The van der Waals surface area contributed by atoms with Gasteiger partial charge in [0.1, 0.15) is 12.7 Å². The molecule has 0 aromatic heterocycles. The molecule has 1 amide bonds. The van der Waals surface area contributed by atoms with Crippen LogP contribution in [-0.4, -0.2) is 71.2 Å². The van der Waals surface area contributed by atoms with Crippen molar-refractivity contribution in [1.29, 1.82) is 0 Å². The third-order valence-electron chi connectivity index (χ3n) is 10.9. The molecule has 1 saturated carbocycles. The number of benzene rings is 3. The molecule has 9 heteroatoms. The van der Waals surface area contributed by atoms with Crippen LogP contribution in [0.1, 0.15) is 55.4 Å². The monoisotopic (exact) mass is 676 g/mol. The highest BCUT2D eigenvalue weighted by atomic mass is 35.5. The Balaban J connectivity index is 1.25. The second-order valence-electron chi connectivity index (χ2n) is 14.0. The van der Waals surface area contributed by atoms with Gasteiger partial charge in [-0.25, -0.2) is 4.79 Å². The van der Waals surface area contributed by atoms with Gasteiger partial charge in [0.2, 0.25) is 5.91 Å². The fourth-order valence-electron chi connectivity index (χ4n) is 9.08. The molecule has 3 aromatic carbocycles. The summed E-state index contributed by atoms with van der Waals surface area (Å²) in [7, 11) is 0. The standard InChI is InChI=1S/C38H42Cl2N2O5/c1-23(2)21-42(33(44)19-25-8-11-28(39)29(40)18-25)30-12-10-27-31-20-26-9-13-32(46-34(45)22-43)36-35(26)38(27,37(30)47-36)15-17-41(31)16-14-24-6-4-3-5-7-24/h3-9,11,13,18,23,27,30-31,37,43H,10,12,14-17,19-22H2,1-2H3/t27-,30?,31+,37?,38-/m0/s1. The van der Waals surface area contributed by atoms with Gasteiger partial charge >= 0.3 is 5.97 Å². The highest BCUT2D eigenvalue weighted by Crippen LogP contribution is 2.64. The van der Waals surface area contributed by atoms with Crippen LogP contribution < -0.4 is 9.47 Å². The van der Waals surface area contributed by atoms with Gasteiger partial charge < -0.3 is 19.5 Å². The number of carbonyl (C=O) groups excluding carboxylic acids is 2. The molecule has 2 bridgehead atoms. The Bertz CT molecular complexity index is 1670. The number of halogens is 2. The molecule has 2 aliphatic heterocycles. The van der Waals surface area contributed by atoms with Crippen molar-refractivity contribution in [3.05, 3.63) is 93.0 Å². The molecule has 7 nitrogen and oxygen atoms in total. The highest BCUT2D eigenvalue weighted by molar-refractivity contribution is 6.42. The normalized spacial score (nSPS) is 25.7. The van der Waals surface area contributed by atoms with E-state index in [9.17, 15) is 14.7 Å². The zero-order valence-electron chi connectivity index (χ0n) is 27.0. The van der Waals surface area contributed by atoms with E-state index in [1.54, 1.807) is 12.1 Å². The average molecular weight is 678 g/mol. The first-order valence-electron chi connectivity index (χ1n) is 16.9. The second kappa shape index (κ2) is 13.1. The summed E-state index contributed by atoms with van der Waals surface area (Å²) in [6, 6.07) is 20.2. The van der Waals surface area contributed by atoms with E-state index in [0.29, 0.717) is 40.0 Å². The van der Waals surface area contributed by atoms with Crippen LogP contribution in [0.4, 0.5) is 0 Å². The Morgan fingerprint density at radius 3 is 2.62 bits per heavy atom. The molecule has 2 fully saturated rings. The van der Waals surface area contributed by atoms with Crippen LogP contribution in [0.2, 0.25) is 10.0 Å². The summed E-state index contributed by atoms with van der Waals surface area (Å²) in [4.78, 5) is 31.3. The number of esters is 1. The number of ether oxygens (including phenoxy) is 2. The number of piperidine rings is 1. The van der Waals surface area contributed by atoms with Gasteiger partial charge in [-0.05, 0) is 85.4 Å². The number of likely N-dealkylation sites (tertiary alicyclic amines) is 1. The summed E-state index contributed by atoms with van der Waals surface area (Å²) in [6.45, 7) is 6.10. The van der Waals surface area contributed by atoms with Crippen LogP contribution in [0.15, 0.2) is 60.7 Å². The summed E-state index contributed by atoms with van der Waals surface area (Å²) in [6.07, 6.45) is 4.55. The van der Waals surface area contributed by atoms with Crippen molar-refractivity contribution in [2.45, 2.75) is 76.0 Å². The van der Waals surface area contributed by atoms with Gasteiger partial charge in [0.15, 0.2) is 11.5 Å². The minimum atomic E-state index is -0.715. The number of rotatable bonds is 10. The Morgan fingerprint density at radius 2 is 1.87 bits per heavy atom. The lowest BCUT2D eigenvalue weighted by Crippen LogP contribution is -2.69. The van der Waals surface area contributed by atoms with Gasteiger partial charge in [-0.3, -0.25) is 9.69 Å². The van der Waals surface area contributed by atoms with Crippen LogP contribution in [0.25, 0.3) is 0 Å². The number of nitrogens with zero attached hydrogens (tertiary/aromatic N) is 2. The quantitative estimate of drug-likeness (QED) is 0.202. The summed E-state index contributed by atoms with van der Waals surface area (Å²) < 4.78 is 12.7. The third kappa shape index (κ3) is 5.83. The topological polar surface area (TPSA) is 79.3 Å². The summed E-state index contributed by atoms with van der Waals surface area (Å²) in [5, 5.41) is 10.4. The van der Waals surface area contributed by atoms with Crippen LogP contribution >= 0.6 is 23.2 Å². The predicted octanol–water partition coefficient (Wildman–Crippen LogP) is 6.27. The molecule has 248 valence electrons. The van der Waals surface area contributed by atoms with Gasteiger partial charge in [-0.2, -0.15) is 0 Å². The van der Waals surface area contributed by atoms with E-state index in [-0.39, 0.29) is 35.8 Å². The molecular formula is C38H42Cl2N2O5. The Morgan fingerprint density at radius 1 is 1.06 bits per heavy atom. The van der Waals surface area contributed by atoms with Gasteiger partial charge in [0.25, 0.3) is 0 Å². The van der Waals surface area contributed by atoms with E-state index in [4.69, 9.17) is 32.7 Å². The second-order valence-corrected chi connectivity index (χ2v) is 14.9. The highest BCUT2D eigenvalue weighted by Gasteiger charge is 2.66. The average Bonchev–Trinajstić information content (AvgIpc) is 3.41. The number of aliphatic hydroxyl groups excluding tert-OH is 1. The van der Waals surface area contributed by atoms with Gasteiger partial charge in [0.05, 0.1) is 22.5 Å². The zero-order valence-corrected chi connectivity index (χ0v) is 28.5. The fourth-order valence-corrected chi connectivity index (χ4v) is 9.40. The van der Waals surface area contributed by atoms with E-state index in [1.165, 1.54) is 11.1 Å². The van der Waals surface area contributed by atoms with Gasteiger partial charge in [0, 0.05) is 30.1 Å². The molecule has 2 aliphatic carbocycles. The molecule has 1 N–H and O–H groups in total. The first kappa shape index (κ1) is 32.4. The molecule has 5 atom stereocenters. The van der Waals surface area contributed by atoms with E-state index in [0.717, 1.165) is 56.3 Å². The Kier molecular flexibility index (Phi) is 9.03. The smallest absolute Gasteiger partial charge is 0.337 e. The minimum Gasteiger partial charge on any atom is -0.483 e. The van der Waals surface area contributed by atoms with Gasteiger partial charge in [-0.15, -0.1) is 0 Å². The van der Waals surface area contributed by atoms with Crippen molar-refractivity contribution in [3.63, 3.8) is 0 Å². The predicted molar refractivity (Wildman–Crippen MR) is 182 cm³/mol. The van der Waals surface area contributed by atoms with Crippen LogP contribution in [0, 0.1) is 11.8 Å². The lowest BCUT2D eigenvalue weighted by atomic mass is 9.51. The molecule has 0 radical (unpaired) electrons. The van der Waals surface area contributed by atoms with Crippen molar-refractivity contribution in [3.8, 4) is 11.5 Å². The first-order valence-corrected chi connectivity index (χ1v) is 17.6. The minimum absolute atomic E-state index is 0.0382. The Labute approximate surface area is 286 Å². The van der Waals surface area contributed by atoms with Gasteiger partial charge in [-0.1, -0.05) is 79.5 Å². The molecule has 7 rings (SSSR count). The number of aliphatic hydroxyl groups is 1. The number of hydrogen-bond donors (Lipinski definition) is 1. The van der Waals surface area contributed by atoms with E-state index >= 15 is 0 Å². The maximum Gasteiger partial charge on any atom is 0.337 e. The maximum atomic E-state index is 14.3. The lowest BCUT2D eigenvalue weighted by molar-refractivity contribution is -0.142. The molecule has 3 aromatic rings. The third-order valence-corrected chi connectivity index (χ3v) is 11.6. The summed E-state index contributed by atoms with van der Waals surface area (Å²) >= 11 is 12.5. The van der Waals surface area contributed by atoms with Crippen molar-refractivity contribution in [2.75, 3.05) is 26.2 Å². The summed E-state index contributed by atoms with van der Waals surface area (Å²) in [5.74, 6) is 0.888. The summed E-state index contributed by atoms with van der Waals surface area (Å²) in [5.41, 5.74) is 4.25. The number of hydrogen-bond acceptors (Lipinski definition) is 6. The lowest BCUT2D eigenvalue weighted by Gasteiger charge is -2.60. The van der Waals surface area contributed by atoms with E-state index in [2.05, 4.69) is 60.0 Å². The zero-order chi connectivity index (χ0) is 32.9. The maximum absolute atomic E-state index is 14.3. The number of amides is 1. The molecule has 47 heavy (non-hydrogen) atoms. The number of carbonyl (C=O) groups is 2. The van der Waals surface area contributed by atoms with Crippen LogP contribution in [-0.2, 0) is 34.3 Å². The van der Waals surface area contributed by atoms with E-state index < -0.39 is 12.6 Å². The van der Waals surface area contributed by atoms with Crippen molar-refractivity contribution >= 4 is 35.1 Å². The largest absolute Gasteiger partial charge is 0.483 e. The SMILES string of the molecule is CC(C)CN(C(=O)Cc1ccc(Cl)c(Cl)c1)C1CC[C@H]2[C@H]3Cc4ccc(OC(=O)CO)c5c4[C@@]2(CCN3CCc2ccccc2)C1O5. The molecule has 4 aliphatic rings. The molecule has 1 spiro atoms. The van der Waals surface area contributed by atoms with Crippen molar-refractivity contribution in [2.24, 2.45) is 11.8 Å². The molecule has 1 saturated heterocycles. The van der Waals surface area contributed by atoms with Crippen molar-refractivity contribution in [1.82, 2.24) is 9.80 Å². The van der Waals surface area contributed by atoms with Crippen LogP contribution in [0.3, 0.4) is 0 Å². The van der Waals surface area contributed by atoms with Crippen molar-refractivity contribution < 1.29 is 24.2 Å². The fraction of sp³-hybridized carbons (Fsp3) is 0.474. The Hall–Kier alpha value is -3.10. The molecule has 2 heterocycles. The molecule has 2 unspecified atom stereocenters. The molecular weight excluding hydrogens is 635 g/mol.